The minimum absolute atomic E-state index is 0.181. The van der Waals surface area contributed by atoms with Crippen LogP contribution in [0.5, 0.6) is 0 Å². The molecule has 2 rings (SSSR count). The Kier molecular flexibility index (Phi) is 5.05. The van der Waals surface area contributed by atoms with Gasteiger partial charge >= 0.3 is 6.18 Å². The average molecular weight is 318 g/mol. The molecule has 1 aliphatic rings. The smallest absolute Gasteiger partial charge is 0.349 e. The van der Waals surface area contributed by atoms with E-state index >= 15 is 0 Å². The molecule has 0 spiro atoms. The molecule has 0 atom stereocenters. The minimum Gasteiger partial charge on any atom is -0.349 e. The monoisotopic (exact) mass is 318 g/mol. The van der Waals surface area contributed by atoms with Gasteiger partial charge in [-0.2, -0.15) is 13.2 Å². The van der Waals surface area contributed by atoms with Gasteiger partial charge in [0.2, 0.25) is 0 Å². The molecule has 0 bridgehead atoms. The number of alkyl halides is 3. The number of nitrogens with one attached hydrogen (secondary N) is 1. The van der Waals surface area contributed by atoms with Crippen molar-refractivity contribution in [2.24, 2.45) is 0 Å². The van der Waals surface area contributed by atoms with Crippen molar-refractivity contribution in [3.8, 4) is 0 Å². The number of nitrogens with zero attached hydrogens (tertiary/aromatic N) is 1. The van der Waals surface area contributed by atoms with Gasteiger partial charge in [-0.05, 0) is 37.5 Å². The van der Waals surface area contributed by atoms with Gasteiger partial charge in [-0.15, -0.1) is 0 Å². The van der Waals surface area contributed by atoms with Crippen molar-refractivity contribution >= 4 is 5.91 Å². The summed E-state index contributed by atoms with van der Waals surface area (Å²) in [6.07, 6.45) is -3.29. The van der Waals surface area contributed by atoms with E-state index in [1.54, 1.807) is 6.92 Å². The molecule has 7 heteroatoms. The highest BCUT2D eigenvalue weighted by Crippen LogP contribution is 2.20. The first kappa shape index (κ1) is 16.7. The zero-order valence-electron chi connectivity index (χ0n) is 12.2. The molecule has 122 valence electrons. The van der Waals surface area contributed by atoms with Crippen molar-refractivity contribution in [1.82, 2.24) is 10.2 Å². The van der Waals surface area contributed by atoms with Crippen molar-refractivity contribution in [1.29, 1.82) is 0 Å². The van der Waals surface area contributed by atoms with Crippen LogP contribution in [0, 0.1) is 12.7 Å². The lowest BCUT2D eigenvalue weighted by Gasteiger charge is -2.32. The summed E-state index contributed by atoms with van der Waals surface area (Å²) in [5.41, 5.74) is 0.922. The van der Waals surface area contributed by atoms with E-state index in [1.807, 2.05) is 0 Å². The van der Waals surface area contributed by atoms with Gasteiger partial charge in [0.15, 0.2) is 0 Å². The van der Waals surface area contributed by atoms with E-state index in [0.717, 1.165) is 0 Å². The summed E-state index contributed by atoms with van der Waals surface area (Å²) in [5, 5.41) is 2.77. The first-order valence-corrected chi connectivity index (χ1v) is 7.11. The van der Waals surface area contributed by atoms with Crippen molar-refractivity contribution in [3.05, 3.63) is 35.1 Å². The highest BCUT2D eigenvalue weighted by atomic mass is 19.4. The van der Waals surface area contributed by atoms with Crippen LogP contribution in [0.25, 0.3) is 0 Å². The number of carbonyl (C=O) groups is 1. The van der Waals surface area contributed by atoms with Crippen LogP contribution < -0.4 is 5.32 Å². The van der Waals surface area contributed by atoms with E-state index in [2.05, 4.69) is 5.32 Å². The highest BCUT2D eigenvalue weighted by Gasteiger charge is 2.32. The molecule has 1 aromatic carbocycles. The van der Waals surface area contributed by atoms with E-state index in [0.29, 0.717) is 18.4 Å². The molecule has 0 unspecified atom stereocenters. The van der Waals surface area contributed by atoms with Gasteiger partial charge in [0.1, 0.15) is 5.82 Å². The number of likely N-dealkylation sites (tertiary alicyclic amines) is 1. The third-order valence-corrected chi connectivity index (χ3v) is 3.77. The predicted octanol–water partition coefficient (Wildman–Crippen LogP) is 2.89. The Morgan fingerprint density at radius 2 is 1.95 bits per heavy atom. The number of hydrogen-bond donors (Lipinski definition) is 1. The second-order valence-electron chi connectivity index (χ2n) is 5.60. The molecular weight excluding hydrogens is 300 g/mol. The lowest BCUT2D eigenvalue weighted by atomic mass is 10.0. The number of halogens is 4. The van der Waals surface area contributed by atoms with Gasteiger partial charge in [0.05, 0.1) is 6.54 Å². The molecule has 1 heterocycles. The second kappa shape index (κ2) is 6.64. The molecule has 0 aromatic heterocycles. The van der Waals surface area contributed by atoms with Crippen LogP contribution in [0.3, 0.4) is 0 Å². The van der Waals surface area contributed by atoms with E-state index in [4.69, 9.17) is 0 Å². The fraction of sp³-hybridized carbons (Fsp3) is 0.533. The Labute approximate surface area is 126 Å². The maximum Gasteiger partial charge on any atom is 0.401 e. The van der Waals surface area contributed by atoms with Crippen molar-refractivity contribution in [2.75, 3.05) is 19.6 Å². The maximum absolute atomic E-state index is 13.2. The zero-order valence-corrected chi connectivity index (χ0v) is 12.2. The molecule has 1 saturated heterocycles. The number of aryl methyl sites for hydroxylation is 1. The Bertz CT molecular complexity index is 537. The third kappa shape index (κ3) is 4.69. The molecule has 1 aromatic rings. The van der Waals surface area contributed by atoms with Crippen LogP contribution in [0.15, 0.2) is 18.2 Å². The van der Waals surface area contributed by atoms with E-state index in [9.17, 15) is 22.4 Å². The molecule has 22 heavy (non-hydrogen) atoms. The summed E-state index contributed by atoms with van der Waals surface area (Å²) >= 11 is 0. The number of hydrogen-bond acceptors (Lipinski definition) is 2. The summed E-state index contributed by atoms with van der Waals surface area (Å²) in [6, 6.07) is 3.79. The second-order valence-corrected chi connectivity index (χ2v) is 5.60. The summed E-state index contributed by atoms with van der Waals surface area (Å²) in [4.78, 5) is 13.5. The Hall–Kier alpha value is -1.63. The van der Waals surface area contributed by atoms with Crippen LogP contribution in [-0.2, 0) is 0 Å². The van der Waals surface area contributed by atoms with E-state index < -0.39 is 18.5 Å². The first-order valence-electron chi connectivity index (χ1n) is 7.11. The topological polar surface area (TPSA) is 32.3 Å². The van der Waals surface area contributed by atoms with E-state index in [-0.39, 0.29) is 30.6 Å². The fourth-order valence-electron chi connectivity index (χ4n) is 2.59. The Morgan fingerprint density at radius 3 is 2.55 bits per heavy atom. The van der Waals surface area contributed by atoms with Crippen LogP contribution >= 0.6 is 0 Å². The molecule has 1 aliphatic heterocycles. The molecular formula is C15H18F4N2O. The van der Waals surface area contributed by atoms with Crippen LogP contribution in [0.2, 0.25) is 0 Å². The summed E-state index contributed by atoms with van der Waals surface area (Å²) in [5.74, 6) is -0.873. The third-order valence-electron chi connectivity index (χ3n) is 3.77. The normalized spacial score (nSPS) is 17.5. The fourth-order valence-corrected chi connectivity index (χ4v) is 2.59. The average Bonchev–Trinajstić information content (AvgIpc) is 2.42. The van der Waals surface area contributed by atoms with Crippen LogP contribution in [-0.4, -0.2) is 42.7 Å². The Balaban J connectivity index is 1.88. The predicted molar refractivity (Wildman–Crippen MR) is 74.1 cm³/mol. The Morgan fingerprint density at radius 1 is 1.32 bits per heavy atom. The SMILES string of the molecule is Cc1ccc(F)cc1C(=O)NC1CCN(CC(F)(F)F)CC1. The van der Waals surface area contributed by atoms with E-state index in [1.165, 1.54) is 23.1 Å². The first-order chi connectivity index (χ1) is 10.2. The largest absolute Gasteiger partial charge is 0.401 e. The van der Waals surface area contributed by atoms with Gasteiger partial charge in [-0.3, -0.25) is 9.69 Å². The lowest BCUT2D eigenvalue weighted by molar-refractivity contribution is -0.148. The van der Waals surface area contributed by atoms with Crippen molar-refractivity contribution < 1.29 is 22.4 Å². The van der Waals surface area contributed by atoms with Gasteiger partial charge in [-0.1, -0.05) is 6.07 Å². The number of benzene rings is 1. The van der Waals surface area contributed by atoms with Gasteiger partial charge in [-0.25, -0.2) is 4.39 Å². The number of amides is 1. The molecule has 1 N–H and O–H groups in total. The molecule has 1 fully saturated rings. The molecule has 0 radical (unpaired) electrons. The standard InChI is InChI=1S/C15H18F4N2O/c1-10-2-3-11(16)8-13(10)14(22)20-12-4-6-21(7-5-12)9-15(17,18)19/h2-3,8,12H,4-7,9H2,1H3,(H,20,22). The van der Waals surface area contributed by atoms with Crippen LogP contribution in [0.1, 0.15) is 28.8 Å². The van der Waals surface area contributed by atoms with Gasteiger partial charge in [0, 0.05) is 24.7 Å². The number of rotatable bonds is 3. The highest BCUT2D eigenvalue weighted by molar-refractivity contribution is 5.95. The summed E-state index contributed by atoms with van der Waals surface area (Å²) in [7, 11) is 0. The summed E-state index contributed by atoms with van der Waals surface area (Å²) < 4.78 is 50.1. The van der Waals surface area contributed by atoms with Gasteiger partial charge < -0.3 is 5.32 Å². The number of piperidine rings is 1. The number of carbonyl (C=O) groups excluding carboxylic acids is 1. The molecule has 3 nitrogen and oxygen atoms in total. The van der Waals surface area contributed by atoms with Crippen LogP contribution in [0.4, 0.5) is 17.6 Å². The molecule has 0 aliphatic carbocycles. The zero-order chi connectivity index (χ0) is 16.3. The molecule has 0 saturated carbocycles. The lowest BCUT2D eigenvalue weighted by Crippen LogP contribution is -2.47. The van der Waals surface area contributed by atoms with Crippen molar-refractivity contribution in [2.45, 2.75) is 32.0 Å². The quantitative estimate of drug-likeness (QED) is 0.869. The minimum atomic E-state index is -4.20. The van der Waals surface area contributed by atoms with Gasteiger partial charge in [0.25, 0.3) is 5.91 Å². The molecule has 1 amide bonds. The summed E-state index contributed by atoms with van der Waals surface area (Å²) in [6.45, 7) is 1.36. The maximum atomic E-state index is 13.2. The van der Waals surface area contributed by atoms with Crippen molar-refractivity contribution in [3.63, 3.8) is 0 Å².